The fraction of sp³-hybridized carbons (Fsp3) is 0.111. The highest BCUT2D eigenvalue weighted by Crippen LogP contribution is 2.37. The van der Waals surface area contributed by atoms with Gasteiger partial charge in [-0.2, -0.15) is 0 Å². The summed E-state index contributed by atoms with van der Waals surface area (Å²) in [6, 6.07) is 47.3. The average molecular weight is 939 g/mol. The van der Waals surface area contributed by atoms with Gasteiger partial charge in [0.05, 0.1) is 28.7 Å². The van der Waals surface area contributed by atoms with E-state index in [-0.39, 0.29) is 51.2 Å². The molecule has 0 spiro atoms. The summed E-state index contributed by atoms with van der Waals surface area (Å²) in [5.74, 6) is -4.08. The summed E-state index contributed by atoms with van der Waals surface area (Å²) in [6.07, 6.45) is -0.881. The van der Waals surface area contributed by atoms with Crippen molar-refractivity contribution in [3.05, 3.63) is 231 Å². The Morgan fingerprint density at radius 1 is 0.571 bits per heavy atom. The zero-order valence-corrected chi connectivity index (χ0v) is 37.8. The summed E-state index contributed by atoms with van der Waals surface area (Å²) >= 11 is 0. The molecule has 70 heavy (non-hydrogen) atoms. The first-order chi connectivity index (χ1) is 33.7. The Balaban J connectivity index is 1.10. The predicted molar refractivity (Wildman–Crippen MR) is 263 cm³/mol. The van der Waals surface area contributed by atoms with Crippen LogP contribution in [0.3, 0.4) is 0 Å². The maximum absolute atomic E-state index is 14.5. The molecule has 352 valence electrons. The smallest absolute Gasteiger partial charge is 0.335 e. The summed E-state index contributed by atoms with van der Waals surface area (Å²) in [4.78, 5) is 91.0. The maximum atomic E-state index is 14.5. The number of nitrogens with one attached hydrogen (secondary N) is 5. The van der Waals surface area contributed by atoms with Crippen LogP contribution in [0.15, 0.2) is 182 Å². The standard InChI is InChI=1S/C54H46N6O10/c1-34(2)70-47-32-38(51(64)55-42-27-20-37(21-28-42)53(66)67)24-31-45(47)57-49(62)35-18-25-43(26-19-35)56-52(65)46(58-50(63)36-22-29-44(30-23-36)60(68)69)33-48(61)59-54(39-12-6-3-7-13-39,40-14-8-4-9-15-40)41-16-10-5-11-17-41/h3-32,34,46H,33H2,1-2H3,(H,55,64)(H,56,65)(H,57,62)(H,58,63)(H,59,61)(H,66,67)/t46-/m0/s1. The van der Waals surface area contributed by atoms with Crippen LogP contribution < -0.4 is 31.3 Å². The number of non-ortho nitro benzene ring substituents is 1. The van der Waals surface area contributed by atoms with Gasteiger partial charge in [0.2, 0.25) is 11.8 Å². The second-order valence-corrected chi connectivity index (χ2v) is 16.2. The number of carboxylic acids is 1. The molecule has 1 atom stereocenters. The molecule has 7 aromatic carbocycles. The van der Waals surface area contributed by atoms with Gasteiger partial charge in [-0.3, -0.25) is 34.1 Å². The van der Waals surface area contributed by atoms with E-state index in [0.717, 1.165) is 28.8 Å². The SMILES string of the molecule is CC(C)Oc1cc(C(=O)Nc2ccc(C(=O)O)cc2)ccc1NC(=O)c1ccc(NC(=O)[C@H](CC(=O)NC(c2ccccc2)(c2ccccc2)c2ccccc2)NC(=O)c2ccc([N+](=O)[O-])cc2)cc1. The number of carbonyl (C=O) groups is 6. The lowest BCUT2D eigenvalue weighted by atomic mass is 9.77. The Kier molecular flexibility index (Phi) is 15.2. The van der Waals surface area contributed by atoms with E-state index in [0.29, 0.717) is 5.69 Å². The van der Waals surface area contributed by atoms with Crippen LogP contribution in [0.1, 0.15) is 78.4 Å². The van der Waals surface area contributed by atoms with Gasteiger partial charge < -0.3 is 36.4 Å². The van der Waals surface area contributed by atoms with E-state index in [9.17, 15) is 44.0 Å². The van der Waals surface area contributed by atoms with Gasteiger partial charge in [0.1, 0.15) is 17.3 Å². The molecule has 0 bridgehead atoms. The van der Waals surface area contributed by atoms with E-state index in [1.807, 2.05) is 91.0 Å². The average Bonchev–Trinajstić information content (AvgIpc) is 3.36. The van der Waals surface area contributed by atoms with E-state index >= 15 is 0 Å². The van der Waals surface area contributed by atoms with E-state index < -0.39 is 58.4 Å². The molecule has 0 aliphatic heterocycles. The van der Waals surface area contributed by atoms with Crippen LogP contribution in [0.4, 0.5) is 22.7 Å². The maximum Gasteiger partial charge on any atom is 0.335 e. The molecule has 5 amide bonds. The molecule has 0 saturated heterocycles. The first kappa shape index (κ1) is 48.5. The number of benzene rings is 7. The molecule has 7 aromatic rings. The molecule has 7 rings (SSSR count). The van der Waals surface area contributed by atoms with Crippen LogP contribution in [0.5, 0.6) is 5.75 Å². The Morgan fingerprint density at radius 3 is 1.53 bits per heavy atom. The lowest BCUT2D eigenvalue weighted by molar-refractivity contribution is -0.384. The summed E-state index contributed by atoms with van der Waals surface area (Å²) in [5, 5.41) is 34.6. The number of rotatable bonds is 18. The van der Waals surface area contributed by atoms with Crippen LogP contribution in [0.2, 0.25) is 0 Å². The number of ether oxygens (including phenoxy) is 1. The van der Waals surface area contributed by atoms with Gasteiger partial charge in [-0.1, -0.05) is 91.0 Å². The fourth-order valence-electron chi connectivity index (χ4n) is 7.56. The van der Waals surface area contributed by atoms with Gasteiger partial charge in [0.15, 0.2) is 0 Å². The fourth-order valence-corrected chi connectivity index (χ4v) is 7.56. The second-order valence-electron chi connectivity index (χ2n) is 16.2. The summed E-state index contributed by atoms with van der Waals surface area (Å²) in [5.41, 5.74) is 2.03. The quantitative estimate of drug-likeness (QED) is 0.0272. The van der Waals surface area contributed by atoms with Crippen molar-refractivity contribution in [2.45, 2.75) is 38.0 Å². The van der Waals surface area contributed by atoms with Gasteiger partial charge >= 0.3 is 5.97 Å². The Hall–Kier alpha value is -9.44. The third-order valence-corrected chi connectivity index (χ3v) is 11.0. The van der Waals surface area contributed by atoms with Crippen molar-refractivity contribution in [2.75, 3.05) is 16.0 Å². The number of nitro benzene ring substituents is 1. The third kappa shape index (κ3) is 11.7. The molecule has 0 aromatic heterocycles. The lowest BCUT2D eigenvalue weighted by Crippen LogP contribution is -2.52. The van der Waals surface area contributed by atoms with Crippen LogP contribution >= 0.6 is 0 Å². The first-order valence-corrected chi connectivity index (χ1v) is 21.9. The van der Waals surface area contributed by atoms with Crippen molar-refractivity contribution in [1.82, 2.24) is 10.6 Å². The monoisotopic (exact) mass is 938 g/mol. The molecular weight excluding hydrogens is 893 g/mol. The summed E-state index contributed by atoms with van der Waals surface area (Å²) in [6.45, 7) is 3.56. The van der Waals surface area contributed by atoms with Crippen LogP contribution in [-0.4, -0.2) is 57.7 Å². The van der Waals surface area contributed by atoms with Crippen molar-refractivity contribution in [3.63, 3.8) is 0 Å². The third-order valence-electron chi connectivity index (χ3n) is 11.0. The number of carboxylic acid groups (broad SMARTS) is 1. The number of nitrogens with zero attached hydrogens (tertiary/aromatic N) is 1. The number of carbonyl (C=O) groups excluding carboxylic acids is 5. The minimum absolute atomic E-state index is 0.0102. The van der Waals surface area contributed by atoms with Gasteiger partial charge in [-0.15, -0.1) is 0 Å². The molecule has 0 aliphatic rings. The normalized spacial score (nSPS) is 11.4. The number of hydrogen-bond donors (Lipinski definition) is 6. The van der Waals surface area contributed by atoms with E-state index in [1.165, 1.54) is 78.9 Å². The first-order valence-electron chi connectivity index (χ1n) is 21.9. The minimum Gasteiger partial charge on any atom is -0.489 e. The minimum atomic E-state index is -1.48. The van der Waals surface area contributed by atoms with Crippen LogP contribution in [0, 0.1) is 10.1 Å². The molecule has 0 aliphatic carbocycles. The van der Waals surface area contributed by atoms with E-state index in [2.05, 4.69) is 26.6 Å². The van der Waals surface area contributed by atoms with Gasteiger partial charge in [0.25, 0.3) is 23.4 Å². The van der Waals surface area contributed by atoms with Crippen molar-refractivity contribution in [2.24, 2.45) is 0 Å². The van der Waals surface area contributed by atoms with Crippen LogP contribution in [-0.2, 0) is 15.1 Å². The van der Waals surface area contributed by atoms with E-state index in [4.69, 9.17) is 4.74 Å². The van der Waals surface area contributed by atoms with Crippen molar-refractivity contribution in [1.29, 1.82) is 0 Å². The van der Waals surface area contributed by atoms with Crippen molar-refractivity contribution >= 4 is 58.3 Å². The molecule has 0 fully saturated rings. The number of amides is 5. The molecule has 16 nitrogen and oxygen atoms in total. The zero-order valence-electron chi connectivity index (χ0n) is 37.8. The molecule has 0 unspecified atom stereocenters. The molecule has 6 N–H and O–H groups in total. The van der Waals surface area contributed by atoms with Crippen LogP contribution in [0.25, 0.3) is 0 Å². The second kappa shape index (κ2) is 21.9. The molecule has 0 heterocycles. The predicted octanol–water partition coefficient (Wildman–Crippen LogP) is 8.82. The molecular formula is C54H46N6O10. The van der Waals surface area contributed by atoms with Gasteiger partial charge in [-0.05, 0) is 109 Å². The topological polar surface area (TPSA) is 235 Å². The molecule has 16 heteroatoms. The Bertz CT molecular complexity index is 2930. The largest absolute Gasteiger partial charge is 0.489 e. The van der Waals surface area contributed by atoms with Crippen molar-refractivity contribution in [3.8, 4) is 5.75 Å². The number of aromatic carboxylic acids is 1. The highest BCUT2D eigenvalue weighted by atomic mass is 16.6. The summed E-state index contributed by atoms with van der Waals surface area (Å²) in [7, 11) is 0. The highest BCUT2D eigenvalue weighted by Gasteiger charge is 2.39. The van der Waals surface area contributed by atoms with Crippen molar-refractivity contribution < 1.29 is 43.5 Å². The molecule has 0 saturated carbocycles. The number of anilines is 3. The van der Waals surface area contributed by atoms with Gasteiger partial charge in [0, 0.05) is 40.2 Å². The Morgan fingerprint density at radius 2 is 1.03 bits per heavy atom. The highest BCUT2D eigenvalue weighted by molar-refractivity contribution is 6.08. The number of hydrogen-bond acceptors (Lipinski definition) is 9. The van der Waals surface area contributed by atoms with E-state index in [1.54, 1.807) is 13.8 Å². The number of nitro groups is 1. The zero-order chi connectivity index (χ0) is 49.8. The molecule has 0 radical (unpaired) electrons. The lowest BCUT2D eigenvalue weighted by Gasteiger charge is -2.37. The Labute approximate surface area is 401 Å². The summed E-state index contributed by atoms with van der Waals surface area (Å²) < 4.78 is 5.95. The van der Waals surface area contributed by atoms with Gasteiger partial charge in [-0.25, -0.2) is 4.79 Å².